The molecule has 5 nitrogen and oxygen atoms in total. The lowest BCUT2D eigenvalue weighted by atomic mass is 9.98. The Bertz CT molecular complexity index is 2670. The van der Waals surface area contributed by atoms with Gasteiger partial charge in [-0.25, -0.2) is 15.0 Å². The van der Waals surface area contributed by atoms with Crippen molar-refractivity contribution in [2.45, 2.75) is 12.8 Å². The molecule has 3 heterocycles. The van der Waals surface area contributed by atoms with Crippen molar-refractivity contribution < 1.29 is 4.42 Å². The van der Waals surface area contributed by atoms with E-state index in [1.807, 2.05) is 48.6 Å². The van der Waals surface area contributed by atoms with Gasteiger partial charge in [0.2, 0.25) is 0 Å². The zero-order valence-corrected chi connectivity index (χ0v) is 27.4. The normalized spacial score (nSPS) is 12.8. The average molecular weight is 645 g/mol. The Morgan fingerprint density at radius 2 is 1.22 bits per heavy atom. The summed E-state index contributed by atoms with van der Waals surface area (Å²) in [7, 11) is 0. The van der Waals surface area contributed by atoms with Crippen LogP contribution in [-0.4, -0.2) is 19.5 Å². The van der Waals surface area contributed by atoms with Crippen molar-refractivity contribution in [1.29, 1.82) is 0 Å². The van der Waals surface area contributed by atoms with Crippen molar-refractivity contribution in [1.82, 2.24) is 19.5 Å². The molecule has 3 aromatic heterocycles. The molecule has 1 aliphatic carbocycles. The summed E-state index contributed by atoms with van der Waals surface area (Å²) in [4.78, 5) is 14.9. The average Bonchev–Trinajstić information content (AvgIpc) is 3.72. The lowest BCUT2D eigenvalue weighted by Crippen LogP contribution is -2.00. The van der Waals surface area contributed by atoms with Crippen LogP contribution in [0.25, 0.3) is 90.4 Å². The fraction of sp³-hybridized carbons (Fsp3) is 0.0444. The maximum atomic E-state index is 6.55. The monoisotopic (exact) mass is 644 g/mol. The summed E-state index contributed by atoms with van der Waals surface area (Å²) >= 11 is 0. The van der Waals surface area contributed by atoms with Crippen LogP contribution in [0.3, 0.4) is 0 Å². The van der Waals surface area contributed by atoms with Crippen molar-refractivity contribution >= 4 is 50.6 Å². The van der Waals surface area contributed by atoms with E-state index in [2.05, 4.69) is 115 Å². The van der Waals surface area contributed by atoms with E-state index in [1.165, 1.54) is 11.1 Å². The van der Waals surface area contributed by atoms with Gasteiger partial charge in [-0.15, -0.1) is 0 Å². The minimum atomic E-state index is 0.588. The molecule has 0 fully saturated rings. The molecule has 0 aliphatic heterocycles. The SMILES string of the molecule is C=Cc1c(C=C)n(-c2ccc3c(c2)oc2cc(-c4nc(-c5ccccc5)nc(-c5ccc(C6=CCCC=C6)cc5)n4)ccc23)c2ccccc12. The van der Waals surface area contributed by atoms with Crippen LogP contribution in [0.1, 0.15) is 29.7 Å². The van der Waals surface area contributed by atoms with Gasteiger partial charge in [0.15, 0.2) is 17.5 Å². The van der Waals surface area contributed by atoms with Gasteiger partial charge in [0, 0.05) is 50.2 Å². The third-order valence-corrected chi connectivity index (χ3v) is 9.46. The molecular weight excluding hydrogens is 613 g/mol. The molecule has 1 aliphatic rings. The number of aromatic nitrogens is 4. The van der Waals surface area contributed by atoms with E-state index in [9.17, 15) is 0 Å². The summed E-state index contributed by atoms with van der Waals surface area (Å²) in [6.07, 6.45) is 12.7. The molecule has 238 valence electrons. The number of para-hydroxylation sites is 1. The van der Waals surface area contributed by atoms with Gasteiger partial charge in [-0.1, -0.05) is 116 Å². The maximum absolute atomic E-state index is 6.55. The number of fused-ring (bicyclic) bond motifs is 4. The van der Waals surface area contributed by atoms with E-state index in [0.29, 0.717) is 17.5 Å². The van der Waals surface area contributed by atoms with Gasteiger partial charge in [0.05, 0.1) is 11.2 Å². The lowest BCUT2D eigenvalue weighted by Gasteiger charge is -2.10. The number of hydrogen-bond donors (Lipinski definition) is 0. The van der Waals surface area contributed by atoms with Gasteiger partial charge in [0.25, 0.3) is 0 Å². The molecule has 0 amide bonds. The minimum Gasteiger partial charge on any atom is -0.456 e. The molecule has 8 aromatic rings. The van der Waals surface area contributed by atoms with Crippen molar-refractivity contribution in [2.75, 3.05) is 0 Å². The van der Waals surface area contributed by atoms with E-state index in [1.54, 1.807) is 0 Å². The molecule has 0 unspecified atom stereocenters. The van der Waals surface area contributed by atoms with E-state index >= 15 is 0 Å². The minimum absolute atomic E-state index is 0.588. The molecule has 0 spiro atoms. The first-order chi connectivity index (χ1) is 24.7. The topological polar surface area (TPSA) is 56.7 Å². The summed E-state index contributed by atoms with van der Waals surface area (Å²) in [5, 5.41) is 3.20. The van der Waals surface area contributed by atoms with Crippen LogP contribution in [0.15, 0.2) is 151 Å². The number of rotatable bonds is 7. The van der Waals surface area contributed by atoms with E-state index in [4.69, 9.17) is 19.4 Å². The highest BCUT2D eigenvalue weighted by Gasteiger charge is 2.18. The van der Waals surface area contributed by atoms with Crippen molar-refractivity contribution in [3.05, 3.63) is 163 Å². The van der Waals surface area contributed by atoms with Gasteiger partial charge in [0.1, 0.15) is 11.2 Å². The molecule has 0 radical (unpaired) electrons. The third kappa shape index (κ3) is 4.99. The standard InChI is InChI=1S/C45H32N4O/c1-3-35-36-17-11-12-18-40(36)49(39(35)4-2)34-24-26-38-37-25-23-33(27-41(37)50-42(38)28-34)45-47-43(31-15-9-6-10-16-31)46-44(48-45)32-21-19-30(20-22-32)29-13-7-5-8-14-29/h3-4,6-7,9-28H,1-2,5,8H2. The van der Waals surface area contributed by atoms with Crippen LogP contribution in [-0.2, 0) is 0 Å². The third-order valence-electron chi connectivity index (χ3n) is 9.46. The fourth-order valence-corrected chi connectivity index (χ4v) is 7.01. The second-order valence-corrected chi connectivity index (χ2v) is 12.4. The first kappa shape index (κ1) is 29.5. The second kappa shape index (κ2) is 12.1. The Kier molecular flexibility index (Phi) is 7.17. The second-order valence-electron chi connectivity index (χ2n) is 12.4. The summed E-state index contributed by atoms with van der Waals surface area (Å²) in [6.45, 7) is 8.19. The van der Waals surface area contributed by atoms with Gasteiger partial charge in [-0.05, 0) is 60.4 Å². The molecule has 0 saturated carbocycles. The summed E-state index contributed by atoms with van der Waals surface area (Å²) < 4.78 is 8.77. The van der Waals surface area contributed by atoms with E-state index in [-0.39, 0.29) is 0 Å². The quantitative estimate of drug-likeness (QED) is 0.173. The smallest absolute Gasteiger partial charge is 0.164 e. The van der Waals surface area contributed by atoms with Crippen molar-refractivity contribution in [3.8, 4) is 39.9 Å². The van der Waals surface area contributed by atoms with Crippen molar-refractivity contribution in [3.63, 3.8) is 0 Å². The Labute approximate surface area is 289 Å². The number of nitrogens with zero attached hydrogens (tertiary/aromatic N) is 4. The van der Waals surface area contributed by atoms with Crippen LogP contribution in [0.5, 0.6) is 0 Å². The predicted octanol–water partition coefficient (Wildman–Crippen LogP) is 11.7. The van der Waals surface area contributed by atoms with Crippen LogP contribution in [0.2, 0.25) is 0 Å². The number of furan rings is 1. The number of allylic oxidation sites excluding steroid dienone is 4. The predicted molar refractivity (Wildman–Crippen MR) is 207 cm³/mol. The molecule has 0 atom stereocenters. The highest BCUT2D eigenvalue weighted by atomic mass is 16.3. The molecule has 5 aromatic carbocycles. The van der Waals surface area contributed by atoms with Gasteiger partial charge >= 0.3 is 0 Å². The summed E-state index contributed by atoms with van der Waals surface area (Å²) in [6, 6.07) is 39.4. The Morgan fingerprint density at radius 3 is 1.94 bits per heavy atom. The van der Waals surface area contributed by atoms with Crippen LogP contribution >= 0.6 is 0 Å². The Morgan fingerprint density at radius 1 is 0.580 bits per heavy atom. The van der Waals surface area contributed by atoms with Crippen LogP contribution in [0.4, 0.5) is 0 Å². The molecule has 0 N–H and O–H groups in total. The van der Waals surface area contributed by atoms with Gasteiger partial charge < -0.3 is 8.98 Å². The molecule has 50 heavy (non-hydrogen) atoms. The van der Waals surface area contributed by atoms with Crippen molar-refractivity contribution in [2.24, 2.45) is 0 Å². The Balaban J connectivity index is 1.15. The summed E-state index contributed by atoms with van der Waals surface area (Å²) in [5.74, 6) is 1.84. The molecule has 9 rings (SSSR count). The maximum Gasteiger partial charge on any atom is 0.164 e. The highest BCUT2D eigenvalue weighted by Crippen LogP contribution is 2.36. The molecule has 0 bridgehead atoms. The largest absolute Gasteiger partial charge is 0.456 e. The first-order valence-corrected chi connectivity index (χ1v) is 16.8. The van der Waals surface area contributed by atoms with E-state index < -0.39 is 0 Å². The summed E-state index contributed by atoms with van der Waals surface area (Å²) in [5.41, 5.74) is 10.9. The highest BCUT2D eigenvalue weighted by molar-refractivity contribution is 6.06. The zero-order valence-electron chi connectivity index (χ0n) is 27.4. The zero-order chi connectivity index (χ0) is 33.6. The van der Waals surface area contributed by atoms with Gasteiger partial charge in [-0.3, -0.25) is 0 Å². The number of benzene rings is 5. The molecule has 5 heteroatoms. The molecule has 0 saturated heterocycles. The van der Waals surface area contributed by atoms with E-state index in [0.717, 1.165) is 79.3 Å². The Hall–Kier alpha value is -6.59. The van der Waals surface area contributed by atoms with Gasteiger partial charge in [-0.2, -0.15) is 0 Å². The van der Waals surface area contributed by atoms with Crippen LogP contribution in [0, 0.1) is 0 Å². The molecular formula is C45H32N4O. The van der Waals surface area contributed by atoms with Crippen LogP contribution < -0.4 is 0 Å². The first-order valence-electron chi connectivity index (χ1n) is 16.8. The fourth-order valence-electron chi connectivity index (χ4n) is 7.01. The number of hydrogen-bond acceptors (Lipinski definition) is 4. The lowest BCUT2D eigenvalue weighted by molar-refractivity contribution is 0.668.